The van der Waals surface area contributed by atoms with Gasteiger partial charge in [-0.3, -0.25) is 24.6 Å². The van der Waals surface area contributed by atoms with E-state index in [-0.39, 0.29) is 17.7 Å². The number of amides is 4. The minimum atomic E-state index is -1.23. The zero-order valence-corrected chi connectivity index (χ0v) is 20.6. The Labute approximate surface area is 209 Å². The molecule has 1 unspecified atom stereocenters. The maximum absolute atomic E-state index is 13.7. The minimum absolute atomic E-state index is 0.148. The van der Waals surface area contributed by atoms with Crippen molar-refractivity contribution in [3.63, 3.8) is 0 Å². The Morgan fingerprint density at radius 1 is 0.917 bits per heavy atom. The molecule has 0 spiro atoms. The average Bonchev–Trinajstić information content (AvgIpc) is 3.14. The van der Waals surface area contributed by atoms with Crippen LogP contribution in [0.3, 0.4) is 0 Å². The van der Waals surface area contributed by atoms with Crippen LogP contribution in [0.25, 0.3) is 0 Å². The third kappa shape index (κ3) is 4.84. The summed E-state index contributed by atoms with van der Waals surface area (Å²) in [4.78, 5) is 54.5. The Bertz CT molecular complexity index is 1350. The topological polar surface area (TPSA) is 96.0 Å². The number of hydrogen-bond acceptors (Lipinski definition) is 5. The molecule has 1 saturated heterocycles. The second-order valence-corrected chi connectivity index (χ2v) is 8.82. The number of methoxy groups -OCH3 is 1. The largest absolute Gasteiger partial charge is 0.496 e. The van der Waals surface area contributed by atoms with Gasteiger partial charge in [-0.1, -0.05) is 35.9 Å². The van der Waals surface area contributed by atoms with E-state index >= 15 is 0 Å². The molecule has 8 nitrogen and oxygen atoms in total. The first-order chi connectivity index (χ1) is 17.2. The third-order valence-electron chi connectivity index (χ3n) is 5.96. The molecule has 184 valence electrons. The van der Waals surface area contributed by atoms with Gasteiger partial charge in [-0.05, 0) is 68.3 Å². The number of hydrogen-bond donors (Lipinski definition) is 1. The van der Waals surface area contributed by atoms with Crippen LogP contribution in [0.2, 0.25) is 0 Å². The van der Waals surface area contributed by atoms with Crippen LogP contribution < -0.4 is 15.1 Å². The van der Waals surface area contributed by atoms with Crippen LogP contribution >= 0.6 is 0 Å². The molecule has 8 heteroatoms. The summed E-state index contributed by atoms with van der Waals surface area (Å²) in [7, 11) is 1.42. The van der Waals surface area contributed by atoms with Crippen LogP contribution in [0.4, 0.5) is 5.69 Å². The van der Waals surface area contributed by atoms with Crippen LogP contribution in [0.5, 0.6) is 5.75 Å². The minimum Gasteiger partial charge on any atom is -0.496 e. The Morgan fingerprint density at radius 3 is 2.28 bits per heavy atom. The summed E-state index contributed by atoms with van der Waals surface area (Å²) in [6.07, 6.45) is -0.277. The van der Waals surface area contributed by atoms with Crippen molar-refractivity contribution >= 4 is 29.3 Å². The molecule has 1 aliphatic heterocycles. The molecule has 3 aromatic rings. The fourth-order valence-corrected chi connectivity index (χ4v) is 4.35. The lowest BCUT2D eigenvalue weighted by Gasteiger charge is -2.28. The first-order valence-electron chi connectivity index (χ1n) is 11.5. The molecule has 0 aromatic heterocycles. The van der Waals surface area contributed by atoms with E-state index in [0.717, 1.165) is 26.6 Å². The van der Waals surface area contributed by atoms with E-state index in [0.29, 0.717) is 11.3 Å². The van der Waals surface area contributed by atoms with Crippen molar-refractivity contribution in [3.05, 3.63) is 94.5 Å². The third-order valence-corrected chi connectivity index (χ3v) is 5.96. The highest BCUT2D eigenvalue weighted by molar-refractivity contribution is 6.23. The van der Waals surface area contributed by atoms with E-state index in [4.69, 9.17) is 4.74 Å². The molecule has 1 fully saturated rings. The van der Waals surface area contributed by atoms with Gasteiger partial charge in [-0.15, -0.1) is 0 Å². The number of imide groups is 1. The number of benzene rings is 3. The standard InChI is InChI=1S/C28H27N3O5/c1-17-8-7-9-20(13-17)26(33)29-31(27(34)22-10-5-6-11-24(22)36-4)23-16-25(32)30(28(23)35)21-14-18(2)12-19(3)15-21/h5-15,23H,16H2,1-4H3,(H,29,33). The van der Waals surface area contributed by atoms with E-state index in [1.165, 1.54) is 13.2 Å². The number of anilines is 1. The first kappa shape index (κ1) is 24.7. The van der Waals surface area contributed by atoms with E-state index in [2.05, 4.69) is 5.43 Å². The van der Waals surface area contributed by atoms with Gasteiger partial charge in [-0.2, -0.15) is 0 Å². The zero-order valence-electron chi connectivity index (χ0n) is 20.6. The van der Waals surface area contributed by atoms with Crippen molar-refractivity contribution in [2.24, 2.45) is 0 Å². The summed E-state index contributed by atoms with van der Waals surface area (Å²) in [5.74, 6) is -2.02. The smallest absolute Gasteiger partial charge is 0.276 e. The number of ether oxygens (including phenoxy) is 1. The monoisotopic (exact) mass is 485 g/mol. The fourth-order valence-electron chi connectivity index (χ4n) is 4.35. The van der Waals surface area contributed by atoms with Gasteiger partial charge in [-0.25, -0.2) is 9.91 Å². The van der Waals surface area contributed by atoms with Gasteiger partial charge in [0.1, 0.15) is 11.8 Å². The highest BCUT2D eigenvalue weighted by Gasteiger charge is 2.46. The fraction of sp³-hybridized carbons (Fsp3) is 0.214. The molecule has 4 rings (SSSR count). The lowest BCUT2D eigenvalue weighted by atomic mass is 10.1. The van der Waals surface area contributed by atoms with Gasteiger partial charge in [0, 0.05) is 5.56 Å². The van der Waals surface area contributed by atoms with Gasteiger partial charge in [0.2, 0.25) is 5.91 Å². The molecular weight excluding hydrogens is 458 g/mol. The van der Waals surface area contributed by atoms with Crippen molar-refractivity contribution in [2.45, 2.75) is 33.2 Å². The van der Waals surface area contributed by atoms with Crippen LogP contribution in [0.1, 0.15) is 43.8 Å². The van der Waals surface area contributed by atoms with E-state index in [9.17, 15) is 19.2 Å². The average molecular weight is 486 g/mol. The van der Waals surface area contributed by atoms with Crippen LogP contribution in [-0.4, -0.2) is 41.8 Å². The lowest BCUT2D eigenvalue weighted by Crippen LogP contribution is -2.54. The Balaban J connectivity index is 1.73. The number of nitrogens with one attached hydrogen (secondary N) is 1. The molecule has 1 atom stereocenters. The van der Waals surface area contributed by atoms with Crippen molar-refractivity contribution in [1.29, 1.82) is 0 Å². The first-order valence-corrected chi connectivity index (χ1v) is 11.5. The molecule has 0 aliphatic carbocycles. The summed E-state index contributed by atoms with van der Waals surface area (Å²) in [6.45, 7) is 5.59. The predicted octanol–water partition coefficient (Wildman–Crippen LogP) is 3.74. The molecule has 0 saturated carbocycles. The number of para-hydroxylation sites is 1. The van der Waals surface area contributed by atoms with Crippen LogP contribution in [0.15, 0.2) is 66.7 Å². The molecule has 1 heterocycles. The Morgan fingerprint density at radius 2 is 1.61 bits per heavy atom. The number of carbonyl (C=O) groups excluding carboxylic acids is 4. The van der Waals surface area contributed by atoms with Crippen molar-refractivity contribution in [2.75, 3.05) is 12.0 Å². The van der Waals surface area contributed by atoms with E-state index < -0.39 is 29.7 Å². The zero-order chi connectivity index (χ0) is 26.0. The molecule has 4 amide bonds. The Hall–Kier alpha value is -4.46. The summed E-state index contributed by atoms with van der Waals surface area (Å²) in [5.41, 5.74) is 6.13. The number of aryl methyl sites for hydroxylation is 3. The highest BCUT2D eigenvalue weighted by atomic mass is 16.5. The second-order valence-electron chi connectivity index (χ2n) is 8.82. The van der Waals surface area contributed by atoms with Crippen molar-refractivity contribution < 1.29 is 23.9 Å². The van der Waals surface area contributed by atoms with Gasteiger partial charge in [0.25, 0.3) is 17.7 Å². The van der Waals surface area contributed by atoms with Crippen molar-refractivity contribution in [3.8, 4) is 5.75 Å². The number of hydrazine groups is 1. The molecule has 36 heavy (non-hydrogen) atoms. The summed E-state index contributed by atoms with van der Waals surface area (Å²) in [6, 6.07) is 17.5. The molecule has 0 radical (unpaired) electrons. The number of rotatable bonds is 5. The van der Waals surface area contributed by atoms with Crippen LogP contribution in [-0.2, 0) is 9.59 Å². The summed E-state index contributed by atoms with van der Waals surface area (Å²) >= 11 is 0. The molecule has 1 N–H and O–H groups in total. The maximum atomic E-state index is 13.7. The predicted molar refractivity (Wildman–Crippen MR) is 135 cm³/mol. The lowest BCUT2D eigenvalue weighted by molar-refractivity contribution is -0.122. The normalized spacial score (nSPS) is 15.1. The van der Waals surface area contributed by atoms with Gasteiger partial charge < -0.3 is 4.74 Å². The quantitative estimate of drug-likeness (QED) is 0.439. The van der Waals surface area contributed by atoms with Gasteiger partial charge in [0.05, 0.1) is 24.8 Å². The molecular formula is C28H27N3O5. The highest BCUT2D eigenvalue weighted by Crippen LogP contribution is 2.29. The van der Waals surface area contributed by atoms with E-state index in [1.807, 2.05) is 32.9 Å². The summed E-state index contributed by atoms with van der Waals surface area (Å²) < 4.78 is 5.33. The van der Waals surface area contributed by atoms with Crippen LogP contribution in [0, 0.1) is 20.8 Å². The SMILES string of the molecule is COc1ccccc1C(=O)N(NC(=O)c1cccc(C)c1)C1CC(=O)N(c2cc(C)cc(C)c2)C1=O. The van der Waals surface area contributed by atoms with Crippen molar-refractivity contribution in [1.82, 2.24) is 10.4 Å². The number of carbonyl (C=O) groups is 4. The molecule has 0 bridgehead atoms. The molecule has 1 aliphatic rings. The summed E-state index contributed by atoms with van der Waals surface area (Å²) in [5, 5.41) is 0.950. The molecule has 3 aromatic carbocycles. The number of nitrogens with zero attached hydrogens (tertiary/aromatic N) is 2. The maximum Gasteiger partial charge on any atom is 0.276 e. The van der Waals surface area contributed by atoms with E-state index in [1.54, 1.807) is 48.5 Å². The van der Waals surface area contributed by atoms with Gasteiger partial charge >= 0.3 is 0 Å². The van der Waals surface area contributed by atoms with Gasteiger partial charge in [0.15, 0.2) is 0 Å². The Kier molecular flexibility index (Phi) is 6.87. The second kappa shape index (κ2) is 10.0.